The van der Waals surface area contributed by atoms with E-state index >= 15 is 0 Å². The minimum Gasteiger partial charge on any atom is -0.363 e. The molecule has 2 aliphatic heterocycles. The second kappa shape index (κ2) is 7.29. The van der Waals surface area contributed by atoms with Crippen LogP contribution in [0.1, 0.15) is 27.0 Å². The summed E-state index contributed by atoms with van der Waals surface area (Å²) >= 11 is 17.5. The molecule has 2 aliphatic rings. The number of benzene rings is 2. The molecule has 2 heterocycles. The Bertz CT molecular complexity index is 1020. The molecule has 4 rings (SSSR count). The van der Waals surface area contributed by atoms with Gasteiger partial charge in [0, 0.05) is 18.7 Å². The summed E-state index contributed by atoms with van der Waals surface area (Å²) in [7, 11) is 0. The van der Waals surface area contributed by atoms with Crippen molar-refractivity contribution in [2.75, 3.05) is 13.1 Å². The molecule has 0 bridgehead atoms. The number of hydrogen-bond donors (Lipinski definition) is 1. The number of ketones is 1. The number of hydrogen-bond acceptors (Lipinski definition) is 3. The van der Waals surface area contributed by atoms with Crippen LogP contribution in [0.25, 0.3) is 5.57 Å². The van der Waals surface area contributed by atoms with Crippen LogP contribution in [0.4, 0.5) is 13.2 Å². The highest BCUT2D eigenvalue weighted by Gasteiger charge is 2.45. The minimum atomic E-state index is -4.79. The van der Waals surface area contributed by atoms with Crippen LogP contribution in [0.3, 0.4) is 0 Å². The quantitative estimate of drug-likeness (QED) is 0.356. The Morgan fingerprint density at radius 3 is 2.28 bits per heavy atom. The molecule has 1 spiro atoms. The first-order valence-corrected chi connectivity index (χ1v) is 9.70. The highest BCUT2D eigenvalue weighted by molar-refractivity contribution is 6.48. The van der Waals surface area contributed by atoms with Gasteiger partial charge in [0.2, 0.25) is 0 Å². The molecular formula is C20H13Cl3F3NO2. The van der Waals surface area contributed by atoms with Crippen molar-refractivity contribution in [1.82, 2.24) is 5.32 Å². The zero-order chi connectivity index (χ0) is 21.0. The fourth-order valence-corrected chi connectivity index (χ4v) is 4.10. The van der Waals surface area contributed by atoms with Crippen molar-refractivity contribution in [2.45, 2.75) is 18.4 Å². The molecule has 0 aromatic heterocycles. The first kappa shape index (κ1) is 20.7. The number of rotatable bonds is 3. The fourth-order valence-electron chi connectivity index (χ4n) is 3.50. The van der Waals surface area contributed by atoms with Gasteiger partial charge >= 0.3 is 6.18 Å². The van der Waals surface area contributed by atoms with E-state index in [9.17, 15) is 18.0 Å². The van der Waals surface area contributed by atoms with Crippen LogP contribution < -0.4 is 5.32 Å². The normalized spacial score (nSPS) is 17.9. The number of nitrogens with one attached hydrogen (secondary N) is 1. The second-order valence-electron chi connectivity index (χ2n) is 6.93. The van der Waals surface area contributed by atoms with E-state index in [2.05, 4.69) is 5.32 Å². The molecule has 2 aromatic rings. The van der Waals surface area contributed by atoms with Crippen LogP contribution >= 0.6 is 34.8 Å². The number of carbonyl (C=O) groups is 1. The minimum absolute atomic E-state index is 0.0528. The van der Waals surface area contributed by atoms with Crippen LogP contribution in [0.15, 0.2) is 36.4 Å². The summed E-state index contributed by atoms with van der Waals surface area (Å²) in [5.41, 5.74) is 0.0277. The summed E-state index contributed by atoms with van der Waals surface area (Å²) in [6, 6.07) is 6.91. The van der Waals surface area contributed by atoms with Gasteiger partial charge in [-0.25, -0.2) is 0 Å². The zero-order valence-electron chi connectivity index (χ0n) is 14.7. The van der Waals surface area contributed by atoms with Gasteiger partial charge in [0.25, 0.3) is 0 Å². The summed E-state index contributed by atoms with van der Waals surface area (Å²) in [5, 5.41) is 2.82. The molecule has 0 aliphatic carbocycles. The molecule has 1 fully saturated rings. The van der Waals surface area contributed by atoms with E-state index in [0.29, 0.717) is 25.8 Å². The Labute approximate surface area is 179 Å². The van der Waals surface area contributed by atoms with Gasteiger partial charge in [-0.15, -0.1) is 0 Å². The van der Waals surface area contributed by atoms with Gasteiger partial charge in [-0.2, -0.15) is 13.2 Å². The molecule has 0 saturated carbocycles. The molecule has 3 nitrogen and oxygen atoms in total. The molecular weight excluding hydrogens is 450 g/mol. The molecule has 0 radical (unpaired) electrons. The number of allylic oxidation sites excluding steroid dienone is 2. The lowest BCUT2D eigenvalue weighted by Crippen LogP contribution is -2.56. The Morgan fingerprint density at radius 2 is 1.72 bits per heavy atom. The molecule has 29 heavy (non-hydrogen) atoms. The lowest BCUT2D eigenvalue weighted by atomic mass is 9.86. The Kier molecular flexibility index (Phi) is 5.20. The fraction of sp³-hybridized carbons (Fsp3) is 0.250. The van der Waals surface area contributed by atoms with Crippen LogP contribution in [0.2, 0.25) is 15.1 Å². The highest BCUT2D eigenvalue weighted by Crippen LogP contribution is 2.41. The van der Waals surface area contributed by atoms with Crippen LogP contribution in [-0.4, -0.2) is 25.0 Å². The Morgan fingerprint density at radius 1 is 1.07 bits per heavy atom. The van der Waals surface area contributed by atoms with Crippen molar-refractivity contribution in [1.29, 1.82) is 0 Å². The number of alkyl halides is 3. The third-order valence-corrected chi connectivity index (χ3v) is 6.28. The summed E-state index contributed by atoms with van der Waals surface area (Å²) in [6.45, 7) is 1.66. The van der Waals surface area contributed by atoms with Gasteiger partial charge in [-0.05, 0) is 41.0 Å². The molecule has 0 unspecified atom stereocenters. The third kappa shape index (κ3) is 3.68. The second-order valence-corrected chi connectivity index (χ2v) is 8.12. The van der Waals surface area contributed by atoms with Crippen molar-refractivity contribution in [3.8, 4) is 0 Å². The molecule has 2 aromatic carbocycles. The van der Waals surface area contributed by atoms with Crippen molar-refractivity contribution in [2.24, 2.45) is 0 Å². The highest BCUT2D eigenvalue weighted by atomic mass is 35.5. The van der Waals surface area contributed by atoms with Crippen LogP contribution in [0.5, 0.6) is 0 Å². The van der Waals surface area contributed by atoms with Gasteiger partial charge in [0.1, 0.15) is 5.60 Å². The lowest BCUT2D eigenvalue weighted by Gasteiger charge is -2.39. The van der Waals surface area contributed by atoms with E-state index in [1.807, 2.05) is 0 Å². The van der Waals surface area contributed by atoms with E-state index in [1.54, 1.807) is 12.1 Å². The molecule has 0 atom stereocenters. The predicted molar refractivity (Wildman–Crippen MR) is 106 cm³/mol. The molecule has 1 saturated heterocycles. The Hall–Kier alpha value is -1.57. The van der Waals surface area contributed by atoms with E-state index in [1.165, 1.54) is 6.07 Å². The summed E-state index contributed by atoms with van der Waals surface area (Å²) in [4.78, 5) is 12.6. The van der Waals surface area contributed by atoms with Gasteiger partial charge < -0.3 is 10.1 Å². The zero-order valence-corrected chi connectivity index (χ0v) is 16.9. The first-order valence-electron chi connectivity index (χ1n) is 8.57. The molecule has 152 valence electrons. The van der Waals surface area contributed by atoms with E-state index < -0.39 is 17.5 Å². The third-order valence-electron chi connectivity index (χ3n) is 5.08. The monoisotopic (exact) mass is 461 g/mol. The smallest absolute Gasteiger partial charge is 0.363 e. The van der Waals surface area contributed by atoms with Crippen LogP contribution in [-0.2, 0) is 16.9 Å². The number of ether oxygens (including phenoxy) is 1. The standard InChI is InChI=1S/C20H13Cl3F3NO2/c21-15-4-11(5-16(22)18(15)23)14(20(24,25)26)6-17(28)10-1-2-13-12(3-10)7-29-19(13)8-27-9-19/h1-6,27H,7-9H2. The van der Waals surface area contributed by atoms with Crippen molar-refractivity contribution in [3.05, 3.63) is 73.7 Å². The topological polar surface area (TPSA) is 38.3 Å². The largest absolute Gasteiger partial charge is 0.417 e. The summed E-state index contributed by atoms with van der Waals surface area (Å²) in [6.07, 6.45) is -4.24. The van der Waals surface area contributed by atoms with Crippen LogP contribution in [0, 0.1) is 0 Å². The predicted octanol–water partition coefficient (Wildman–Crippen LogP) is 5.80. The van der Waals surface area contributed by atoms with Crippen molar-refractivity contribution < 1.29 is 22.7 Å². The number of fused-ring (bicyclic) bond motifs is 2. The van der Waals surface area contributed by atoms with Gasteiger partial charge in [-0.3, -0.25) is 4.79 Å². The number of halogens is 6. The summed E-state index contributed by atoms with van der Waals surface area (Å²) in [5.74, 6) is -0.782. The Balaban J connectivity index is 1.71. The molecule has 0 amide bonds. The van der Waals surface area contributed by atoms with Gasteiger partial charge in [0.15, 0.2) is 5.78 Å². The molecule has 1 N–H and O–H groups in total. The average Bonchev–Trinajstić information content (AvgIpc) is 3.01. The maximum Gasteiger partial charge on any atom is 0.417 e. The van der Waals surface area contributed by atoms with Gasteiger partial charge in [-0.1, -0.05) is 46.9 Å². The van der Waals surface area contributed by atoms with Crippen molar-refractivity contribution >= 4 is 46.2 Å². The average molecular weight is 463 g/mol. The van der Waals surface area contributed by atoms with Gasteiger partial charge in [0.05, 0.1) is 27.2 Å². The number of carbonyl (C=O) groups excluding carboxylic acids is 1. The maximum atomic E-state index is 13.7. The maximum absolute atomic E-state index is 13.7. The lowest BCUT2D eigenvalue weighted by molar-refractivity contribution is -0.0746. The summed E-state index contributed by atoms with van der Waals surface area (Å²) < 4.78 is 46.8. The van der Waals surface area contributed by atoms with Crippen molar-refractivity contribution in [3.63, 3.8) is 0 Å². The van der Waals surface area contributed by atoms with E-state index in [0.717, 1.165) is 23.3 Å². The van der Waals surface area contributed by atoms with E-state index in [-0.39, 0.29) is 31.8 Å². The first-order chi connectivity index (χ1) is 13.6. The van der Waals surface area contributed by atoms with E-state index in [4.69, 9.17) is 39.5 Å². The SMILES string of the molecule is O=C(C=C(c1cc(Cl)c(Cl)c(Cl)c1)C(F)(F)F)c1ccc2c(c1)COC21CNC1. The molecule has 9 heteroatoms.